The Kier molecular flexibility index (Phi) is 10.3. The highest BCUT2D eigenvalue weighted by molar-refractivity contribution is 6.35. The number of nitrogens with one attached hydrogen (secondary N) is 1. The van der Waals surface area contributed by atoms with Crippen molar-refractivity contribution in [1.29, 1.82) is 0 Å². The largest absolute Gasteiger partial charge is 0.437 e. The Bertz CT molecular complexity index is 1400. The van der Waals surface area contributed by atoms with Crippen LogP contribution >= 0.6 is 23.2 Å². The number of carbonyl (C=O) groups excluding carboxylic acids is 2. The molecule has 0 bridgehead atoms. The van der Waals surface area contributed by atoms with E-state index in [-0.39, 0.29) is 12.5 Å². The van der Waals surface area contributed by atoms with Gasteiger partial charge in [0.25, 0.3) is 0 Å². The number of hydrogen-bond acceptors (Lipinski definition) is 9. The molecule has 2 aromatic heterocycles. The number of piperidine rings is 1. The fourth-order valence-electron chi connectivity index (χ4n) is 5.19. The van der Waals surface area contributed by atoms with E-state index in [1.807, 2.05) is 36.4 Å². The Balaban J connectivity index is 1.29. The first kappa shape index (κ1) is 31.0. The minimum atomic E-state index is -0.683. The Morgan fingerprint density at radius 3 is 2.35 bits per heavy atom. The summed E-state index contributed by atoms with van der Waals surface area (Å²) in [6.45, 7) is 7.73. The molecular weight excluding hydrogens is 591 g/mol. The van der Waals surface area contributed by atoms with E-state index in [9.17, 15) is 9.59 Å². The summed E-state index contributed by atoms with van der Waals surface area (Å²) in [5, 5.41) is 3.84. The molecule has 2 saturated heterocycles. The average molecular weight is 628 g/mol. The summed E-state index contributed by atoms with van der Waals surface area (Å²) in [5.74, 6) is 1.43. The molecule has 1 aromatic carbocycles. The Morgan fingerprint density at radius 1 is 0.977 bits per heavy atom. The molecule has 228 valence electrons. The van der Waals surface area contributed by atoms with E-state index in [0.29, 0.717) is 33.9 Å². The number of amides is 1. The Hall–Kier alpha value is -3.44. The van der Waals surface area contributed by atoms with Crippen LogP contribution in [0.2, 0.25) is 10.0 Å². The highest BCUT2D eigenvalue weighted by Gasteiger charge is 2.23. The van der Waals surface area contributed by atoms with E-state index >= 15 is 0 Å². The average Bonchev–Trinajstić information content (AvgIpc) is 2.98. The molecule has 0 unspecified atom stereocenters. The summed E-state index contributed by atoms with van der Waals surface area (Å²) in [6, 6.07) is 13.1. The number of halogens is 2. The van der Waals surface area contributed by atoms with Crippen LogP contribution in [0.1, 0.15) is 31.7 Å². The van der Waals surface area contributed by atoms with E-state index in [0.717, 1.165) is 69.1 Å². The maximum atomic E-state index is 12.0. The van der Waals surface area contributed by atoms with Crippen molar-refractivity contribution in [2.24, 2.45) is 0 Å². The molecule has 43 heavy (non-hydrogen) atoms. The van der Waals surface area contributed by atoms with E-state index in [4.69, 9.17) is 37.7 Å². The van der Waals surface area contributed by atoms with Gasteiger partial charge in [-0.25, -0.2) is 14.8 Å². The van der Waals surface area contributed by atoms with Crippen molar-refractivity contribution in [1.82, 2.24) is 25.1 Å². The molecule has 0 radical (unpaired) electrons. The fraction of sp³-hybridized carbons (Fsp3) is 0.419. The number of nitrogens with zero attached hydrogens (tertiary/aromatic N) is 5. The normalized spacial score (nSPS) is 16.6. The highest BCUT2D eigenvalue weighted by atomic mass is 35.5. The van der Waals surface area contributed by atoms with Crippen LogP contribution in [0.15, 0.2) is 48.7 Å². The van der Waals surface area contributed by atoms with Gasteiger partial charge in [-0.05, 0) is 61.9 Å². The quantitative estimate of drug-likeness (QED) is 0.252. The van der Waals surface area contributed by atoms with Gasteiger partial charge in [0, 0.05) is 80.0 Å². The van der Waals surface area contributed by atoms with Gasteiger partial charge < -0.3 is 24.6 Å². The van der Waals surface area contributed by atoms with Crippen LogP contribution in [-0.2, 0) is 16.1 Å². The second kappa shape index (κ2) is 14.4. The topological polar surface area (TPSA) is 100 Å². The van der Waals surface area contributed by atoms with Gasteiger partial charge in [-0.1, -0.05) is 30.1 Å². The first-order chi connectivity index (χ1) is 20.7. The minimum absolute atomic E-state index is 0.0461. The van der Waals surface area contributed by atoms with Crippen molar-refractivity contribution >= 4 is 41.1 Å². The van der Waals surface area contributed by atoms with E-state index in [2.05, 4.69) is 32.0 Å². The number of anilines is 1. The van der Waals surface area contributed by atoms with Gasteiger partial charge in [0.1, 0.15) is 11.6 Å². The number of pyridine rings is 2. The van der Waals surface area contributed by atoms with E-state index in [1.54, 1.807) is 19.2 Å². The summed E-state index contributed by atoms with van der Waals surface area (Å²) in [6.07, 6.45) is 2.69. The highest BCUT2D eigenvalue weighted by Crippen LogP contribution is 2.31. The van der Waals surface area contributed by atoms with Crippen LogP contribution in [0.3, 0.4) is 0 Å². The van der Waals surface area contributed by atoms with Crippen molar-refractivity contribution in [3.05, 3.63) is 64.3 Å². The van der Waals surface area contributed by atoms with Crippen LogP contribution in [0.4, 0.5) is 10.6 Å². The summed E-state index contributed by atoms with van der Waals surface area (Å²) in [7, 11) is 2.13. The second-order valence-electron chi connectivity index (χ2n) is 10.9. The molecule has 0 atom stereocenters. The first-order valence-corrected chi connectivity index (χ1v) is 15.3. The molecule has 1 amide bonds. The standard InChI is InChI=1S/C31H36Cl2N6O4/c1-3-30(40)43-31(41)35-25-6-8-38(9-7-25)20-21-14-27(22-16-23(32)18-24(33)17-22)36-29(15-21)42-26-4-5-28(34-19-26)39-12-10-37(2)11-13-39/h4-5,14-19,25H,3,6-13,20H2,1-2H3,(H,35,41). The number of benzene rings is 1. The van der Waals surface area contributed by atoms with Gasteiger partial charge >= 0.3 is 12.1 Å². The predicted molar refractivity (Wildman–Crippen MR) is 167 cm³/mol. The number of alkyl carbamates (subject to hydrolysis) is 1. The van der Waals surface area contributed by atoms with Gasteiger partial charge in [0.2, 0.25) is 5.88 Å². The lowest BCUT2D eigenvalue weighted by Crippen LogP contribution is -2.44. The number of ether oxygens (including phenoxy) is 2. The number of hydrogen-bond donors (Lipinski definition) is 1. The molecule has 2 fully saturated rings. The lowest BCUT2D eigenvalue weighted by atomic mass is 10.0. The molecule has 0 spiro atoms. The monoisotopic (exact) mass is 626 g/mol. The third-order valence-corrected chi connectivity index (χ3v) is 8.04. The van der Waals surface area contributed by atoms with Gasteiger partial charge in [-0.2, -0.15) is 0 Å². The fourth-order valence-corrected chi connectivity index (χ4v) is 5.72. The Labute approximate surface area is 261 Å². The van der Waals surface area contributed by atoms with Crippen molar-refractivity contribution in [3.63, 3.8) is 0 Å². The first-order valence-electron chi connectivity index (χ1n) is 14.5. The molecule has 0 saturated carbocycles. The van der Waals surface area contributed by atoms with Crippen LogP contribution in [0.5, 0.6) is 11.6 Å². The number of likely N-dealkylation sites (tertiary alicyclic amines) is 1. The van der Waals surface area contributed by atoms with E-state index in [1.165, 1.54) is 0 Å². The van der Waals surface area contributed by atoms with E-state index < -0.39 is 12.1 Å². The summed E-state index contributed by atoms with van der Waals surface area (Å²) in [5.41, 5.74) is 2.49. The van der Waals surface area contributed by atoms with Crippen LogP contribution in [0.25, 0.3) is 11.3 Å². The second-order valence-corrected chi connectivity index (χ2v) is 11.8. The smallest absolute Gasteiger partial charge is 0.415 e. The molecule has 1 N–H and O–H groups in total. The molecule has 4 heterocycles. The summed E-state index contributed by atoms with van der Waals surface area (Å²) >= 11 is 12.6. The van der Waals surface area contributed by atoms with Gasteiger partial charge in [0.05, 0.1) is 11.9 Å². The maximum absolute atomic E-state index is 12.0. The SMILES string of the molecule is CCC(=O)OC(=O)NC1CCN(Cc2cc(Oc3ccc(N4CCN(C)CC4)nc3)nc(-c3cc(Cl)cc(Cl)c3)c2)CC1. The van der Waals surface area contributed by atoms with Crippen LogP contribution in [0, 0.1) is 0 Å². The third kappa shape index (κ3) is 8.79. The summed E-state index contributed by atoms with van der Waals surface area (Å²) in [4.78, 5) is 39.7. The Morgan fingerprint density at radius 2 is 1.70 bits per heavy atom. The predicted octanol–water partition coefficient (Wildman–Crippen LogP) is 5.62. The molecule has 2 aliphatic heterocycles. The van der Waals surface area contributed by atoms with Crippen molar-refractivity contribution in [2.45, 2.75) is 38.8 Å². The maximum Gasteiger partial charge on any atom is 0.415 e. The molecule has 0 aliphatic carbocycles. The van der Waals surface area contributed by atoms with Gasteiger partial charge in [-0.15, -0.1) is 0 Å². The zero-order chi connectivity index (χ0) is 30.3. The van der Waals surface area contributed by atoms with Crippen LogP contribution in [-0.4, -0.2) is 84.2 Å². The molecule has 10 nitrogen and oxygen atoms in total. The number of rotatable bonds is 8. The van der Waals surface area contributed by atoms with Gasteiger partial charge in [-0.3, -0.25) is 9.69 Å². The molecule has 12 heteroatoms. The van der Waals surface area contributed by atoms with Crippen LogP contribution < -0.4 is 15.0 Å². The lowest BCUT2D eigenvalue weighted by Gasteiger charge is -2.33. The lowest BCUT2D eigenvalue weighted by molar-refractivity contribution is -0.137. The van der Waals surface area contributed by atoms with Crippen molar-refractivity contribution < 1.29 is 19.1 Å². The summed E-state index contributed by atoms with van der Waals surface area (Å²) < 4.78 is 11.0. The van der Waals surface area contributed by atoms with Crippen molar-refractivity contribution in [3.8, 4) is 22.9 Å². The third-order valence-electron chi connectivity index (χ3n) is 7.60. The molecule has 3 aromatic rings. The number of esters is 1. The number of aromatic nitrogens is 2. The molecule has 5 rings (SSSR count). The molecule has 2 aliphatic rings. The minimum Gasteiger partial charge on any atom is -0.437 e. The van der Waals surface area contributed by atoms with Gasteiger partial charge in [0.15, 0.2) is 0 Å². The molecular formula is C31H36Cl2N6O4. The zero-order valence-electron chi connectivity index (χ0n) is 24.4. The van der Waals surface area contributed by atoms with Crippen molar-refractivity contribution in [2.75, 3.05) is 51.2 Å². The number of likely N-dealkylation sites (N-methyl/N-ethyl adjacent to an activating group) is 1. The zero-order valence-corrected chi connectivity index (χ0v) is 25.9. The number of piperazine rings is 1. The number of carbonyl (C=O) groups is 2.